The molecule has 0 saturated carbocycles. The molecule has 0 aliphatic carbocycles. The summed E-state index contributed by atoms with van der Waals surface area (Å²) < 4.78 is 50.4. The van der Waals surface area contributed by atoms with Crippen LogP contribution in [-0.4, -0.2) is 43.4 Å². The number of aliphatic hydroxyl groups excluding tert-OH is 1. The summed E-state index contributed by atoms with van der Waals surface area (Å²) in [6.45, 7) is -0.965. The third-order valence-electron chi connectivity index (χ3n) is 3.76. The number of aromatic nitrogens is 4. The number of nitrogens with two attached hydrogens (primary N) is 1. The molecule has 5 atom stereocenters. The number of ether oxygens (including phenoxy) is 1. The van der Waals surface area contributed by atoms with Crippen LogP contribution in [0.4, 0.5) is 5.95 Å². The first-order valence-corrected chi connectivity index (χ1v) is 12.3. The molecule has 1 aliphatic heterocycles. The van der Waals surface area contributed by atoms with Gasteiger partial charge in [0.05, 0.1) is 26.9 Å². The van der Waals surface area contributed by atoms with Crippen molar-refractivity contribution in [3.63, 3.8) is 0 Å². The van der Waals surface area contributed by atoms with Crippen LogP contribution in [0, 0.1) is 0 Å². The Hall–Kier alpha value is 2.48. The summed E-state index contributed by atoms with van der Waals surface area (Å²) in [5.41, 5.74) is 4.78. The first-order chi connectivity index (χ1) is 14.2. The van der Waals surface area contributed by atoms with Gasteiger partial charge in [0.25, 0.3) is 21.2 Å². The molecule has 3 rings (SSSR count). The maximum absolute atomic E-state index is 11.8. The summed E-state index contributed by atoms with van der Waals surface area (Å²) in [7, 11) is -18.0. The number of phosphoric acid groups is 3. The second-order valence-corrected chi connectivity index (χ2v) is 10.3. The van der Waals surface area contributed by atoms with Gasteiger partial charge in [0.15, 0.2) is 11.2 Å². The molecular formula is C10H12N5Na4O13P3. The third kappa shape index (κ3) is 11.5. The zero-order valence-electron chi connectivity index (χ0n) is 18.8. The van der Waals surface area contributed by atoms with Gasteiger partial charge in [-0.25, -0.2) is 9.29 Å². The van der Waals surface area contributed by atoms with E-state index in [0.29, 0.717) is 0 Å². The number of hydrogen-bond acceptors (Lipinski definition) is 16. The Labute approximate surface area is 284 Å². The summed E-state index contributed by atoms with van der Waals surface area (Å²) in [4.78, 5) is 65.1. The van der Waals surface area contributed by atoms with Gasteiger partial charge in [-0.1, -0.05) is 0 Å². The number of aromatic amines is 1. The quantitative estimate of drug-likeness (QED) is 0.189. The summed E-state index contributed by atoms with van der Waals surface area (Å²) in [6.07, 6.45) is -2.64. The average molecular weight is 595 g/mol. The normalized spacial score (nSPS) is 23.1. The van der Waals surface area contributed by atoms with E-state index in [1.54, 1.807) is 0 Å². The van der Waals surface area contributed by atoms with Crippen LogP contribution in [0.5, 0.6) is 0 Å². The van der Waals surface area contributed by atoms with Gasteiger partial charge in [-0.3, -0.25) is 27.8 Å². The minimum absolute atomic E-state index is 0. The molecule has 1 fully saturated rings. The predicted molar refractivity (Wildman–Crippen MR) is 88.0 cm³/mol. The maximum atomic E-state index is 11.8. The number of fused-ring (bicyclic) bond motifs is 1. The molecule has 18 nitrogen and oxygen atoms in total. The minimum atomic E-state index is -6.12. The standard InChI is InChI=1S/C10H16N5O13P3.4Na/c11-10-13-8-7(9(17)14-10)12-3-15(8)6-1-4(16)5(26-6)2-25-30(21,22)28-31(23,24)27-29(18,19)20;;;;/h3-6,16H,1-2H2,(H,21,22)(H,23,24)(H2,18,19,20)(H3,11,13,14,17);;;;/q;4*+1/p-4/t4-,5+,6+;;;;/m1..../s1. The Bertz CT molecular complexity index is 1190. The van der Waals surface area contributed by atoms with Crippen LogP contribution in [0.25, 0.3) is 11.2 Å². The van der Waals surface area contributed by atoms with Gasteiger partial charge < -0.3 is 44.2 Å². The predicted octanol–water partition coefficient (Wildman–Crippen LogP) is -15.8. The molecule has 25 heteroatoms. The zero-order chi connectivity index (χ0) is 23.2. The first-order valence-electron chi connectivity index (χ1n) is 7.93. The molecule has 2 aromatic rings. The third-order valence-corrected chi connectivity index (χ3v) is 7.43. The fourth-order valence-electron chi connectivity index (χ4n) is 2.64. The Morgan fingerprint density at radius 2 is 1.74 bits per heavy atom. The number of nitrogen functional groups attached to an aromatic ring is 1. The zero-order valence-corrected chi connectivity index (χ0v) is 29.5. The molecule has 0 radical (unpaired) electrons. The van der Waals surface area contributed by atoms with Gasteiger partial charge >= 0.3 is 118 Å². The Morgan fingerprint density at radius 3 is 2.31 bits per heavy atom. The van der Waals surface area contributed by atoms with Crippen molar-refractivity contribution in [2.45, 2.75) is 24.9 Å². The van der Waals surface area contributed by atoms with Gasteiger partial charge in [0.2, 0.25) is 5.95 Å². The smallest absolute Gasteiger partial charge is 0.790 e. The Balaban J connectivity index is 0. The van der Waals surface area contributed by atoms with Crippen LogP contribution in [0.3, 0.4) is 0 Å². The van der Waals surface area contributed by atoms with Crippen LogP contribution < -0.4 is 149 Å². The van der Waals surface area contributed by atoms with Crippen molar-refractivity contribution in [3.05, 3.63) is 16.7 Å². The van der Waals surface area contributed by atoms with E-state index in [2.05, 4.69) is 28.1 Å². The van der Waals surface area contributed by atoms with E-state index in [-0.39, 0.29) is 142 Å². The first kappa shape index (κ1) is 39.6. The van der Waals surface area contributed by atoms with Crippen LogP contribution >= 0.6 is 23.5 Å². The van der Waals surface area contributed by atoms with Crippen LogP contribution in [0.1, 0.15) is 12.6 Å². The van der Waals surface area contributed by atoms with E-state index in [9.17, 15) is 43.2 Å². The average Bonchev–Trinajstić information content (AvgIpc) is 3.13. The van der Waals surface area contributed by atoms with Crippen molar-refractivity contribution in [2.24, 2.45) is 0 Å². The number of anilines is 1. The van der Waals surface area contributed by atoms with Crippen molar-refractivity contribution < 1.29 is 174 Å². The topological polar surface area (TPSA) is 290 Å². The molecule has 0 aromatic carbocycles. The second-order valence-electron chi connectivity index (χ2n) is 6.01. The van der Waals surface area contributed by atoms with Gasteiger partial charge in [0, 0.05) is 6.42 Å². The van der Waals surface area contributed by atoms with Gasteiger partial charge in [-0.2, -0.15) is 4.98 Å². The minimum Gasteiger partial charge on any atom is -0.790 e. The number of nitrogens with one attached hydrogen (secondary N) is 1. The molecule has 4 N–H and O–H groups in total. The Kier molecular flexibility index (Phi) is 17.5. The molecule has 2 aromatic heterocycles. The van der Waals surface area contributed by atoms with E-state index < -0.39 is 54.1 Å². The molecule has 0 amide bonds. The van der Waals surface area contributed by atoms with Crippen molar-refractivity contribution in [3.8, 4) is 0 Å². The number of rotatable bonds is 8. The summed E-state index contributed by atoms with van der Waals surface area (Å²) in [5.74, 6) is -0.216. The van der Waals surface area contributed by atoms with Gasteiger partial charge in [-0.15, -0.1) is 0 Å². The van der Waals surface area contributed by atoms with Gasteiger partial charge in [0.1, 0.15) is 12.3 Å². The van der Waals surface area contributed by atoms with Crippen LogP contribution in [-0.2, 0) is 31.6 Å². The van der Waals surface area contributed by atoms with Crippen molar-refractivity contribution in [1.82, 2.24) is 19.5 Å². The molecule has 174 valence electrons. The van der Waals surface area contributed by atoms with Crippen molar-refractivity contribution >= 4 is 40.6 Å². The fourth-order valence-corrected chi connectivity index (χ4v) is 5.50. The number of aliphatic hydroxyl groups is 1. The van der Waals surface area contributed by atoms with E-state index >= 15 is 0 Å². The van der Waals surface area contributed by atoms with Gasteiger partial charge in [-0.05, 0) is 0 Å². The van der Waals surface area contributed by atoms with Crippen molar-refractivity contribution in [1.29, 1.82) is 0 Å². The summed E-state index contributed by atoms with van der Waals surface area (Å²) >= 11 is 0. The molecular weight excluding hydrogens is 583 g/mol. The number of phosphoric ester groups is 1. The molecule has 1 aliphatic rings. The number of hydrogen-bond donors (Lipinski definition) is 3. The van der Waals surface area contributed by atoms with E-state index in [4.69, 9.17) is 10.5 Å². The molecule has 1 saturated heterocycles. The van der Waals surface area contributed by atoms with Crippen LogP contribution in [0.15, 0.2) is 11.1 Å². The fraction of sp³-hybridized carbons (Fsp3) is 0.500. The SMILES string of the molecule is Nc1nc2c(ncn2[C@@H]2C[C@@H](O)[C@H](COP(=O)([O-])OP(=O)([O-])OP(=O)([O-])[O-])O2)c(=O)[nH]1.[Na+].[Na+].[Na+].[Na+]. The molecule has 3 heterocycles. The second kappa shape index (κ2) is 15.5. The van der Waals surface area contributed by atoms with Crippen LogP contribution in [0.2, 0.25) is 0 Å². The number of imidazole rings is 1. The monoisotopic (exact) mass is 595 g/mol. The molecule has 2 unspecified atom stereocenters. The largest absolute Gasteiger partial charge is 1.00 e. The number of nitrogens with zero attached hydrogens (tertiary/aromatic N) is 3. The molecule has 0 spiro atoms. The number of H-pyrrole nitrogens is 1. The summed E-state index contributed by atoms with van der Waals surface area (Å²) in [6, 6.07) is 0. The van der Waals surface area contributed by atoms with E-state index in [1.165, 1.54) is 10.9 Å². The molecule has 0 bridgehead atoms. The maximum Gasteiger partial charge on any atom is 1.00 e. The van der Waals surface area contributed by atoms with Crippen molar-refractivity contribution in [2.75, 3.05) is 12.3 Å². The van der Waals surface area contributed by atoms with E-state index in [1.807, 2.05) is 0 Å². The Morgan fingerprint density at radius 1 is 1.14 bits per heavy atom. The molecule has 35 heavy (non-hydrogen) atoms. The summed E-state index contributed by atoms with van der Waals surface area (Å²) in [5, 5.41) is 10.1. The van der Waals surface area contributed by atoms with E-state index in [0.717, 1.165) is 0 Å².